The molecular weight excluding hydrogens is 466 g/mol. The second-order valence-electron chi connectivity index (χ2n) is 9.17. The van der Waals surface area contributed by atoms with E-state index in [4.69, 9.17) is 4.74 Å². The second kappa shape index (κ2) is 12.5. The molecule has 9 heteroatoms. The van der Waals surface area contributed by atoms with Crippen molar-refractivity contribution < 1.29 is 23.1 Å². The Balaban J connectivity index is 1.07. The summed E-state index contributed by atoms with van der Waals surface area (Å²) < 4.78 is 31.8. The molecule has 4 rings (SSSR count). The third-order valence-corrected chi connectivity index (χ3v) is 6.59. The molecular formula is C27H32F2N4O3. The fourth-order valence-corrected chi connectivity index (χ4v) is 4.51. The van der Waals surface area contributed by atoms with Crippen LogP contribution in [0, 0.1) is 17.6 Å². The van der Waals surface area contributed by atoms with Gasteiger partial charge in [0.1, 0.15) is 18.2 Å². The lowest BCUT2D eigenvalue weighted by Gasteiger charge is -2.32. The number of hydrogen-bond donors (Lipinski definition) is 3. The highest BCUT2D eigenvalue weighted by atomic mass is 19.1. The van der Waals surface area contributed by atoms with Crippen molar-refractivity contribution in [2.75, 3.05) is 32.8 Å². The Kier molecular flexibility index (Phi) is 8.89. The van der Waals surface area contributed by atoms with E-state index in [2.05, 4.69) is 15.6 Å². The largest absolute Gasteiger partial charge is 0.367 e. The normalized spacial score (nSPS) is 14.2. The topological polar surface area (TPSA) is 86.5 Å². The Hall–Kier alpha value is -3.46. The minimum Gasteiger partial charge on any atom is -0.367 e. The highest BCUT2D eigenvalue weighted by Crippen LogP contribution is 2.21. The smallest absolute Gasteiger partial charge is 0.317 e. The number of aromatic amines is 1. The summed E-state index contributed by atoms with van der Waals surface area (Å²) in [6.07, 6.45) is 5.13. The van der Waals surface area contributed by atoms with E-state index in [1.807, 2.05) is 11.1 Å². The zero-order valence-corrected chi connectivity index (χ0v) is 20.2. The molecule has 1 fully saturated rings. The molecule has 2 heterocycles. The first-order valence-corrected chi connectivity index (χ1v) is 12.3. The maximum absolute atomic E-state index is 13.5. The lowest BCUT2D eigenvalue weighted by Crippen LogP contribution is -2.45. The van der Waals surface area contributed by atoms with Gasteiger partial charge in [0, 0.05) is 43.3 Å². The van der Waals surface area contributed by atoms with Gasteiger partial charge in [0.15, 0.2) is 0 Å². The summed E-state index contributed by atoms with van der Waals surface area (Å²) in [5, 5.41) is 6.68. The number of urea groups is 1. The van der Waals surface area contributed by atoms with Gasteiger partial charge < -0.3 is 25.3 Å². The van der Waals surface area contributed by atoms with Gasteiger partial charge in [-0.1, -0.05) is 12.1 Å². The number of carbonyl (C=O) groups is 2. The molecule has 3 aromatic rings. The Morgan fingerprint density at radius 1 is 1.00 bits per heavy atom. The molecule has 192 valence electrons. The maximum Gasteiger partial charge on any atom is 0.317 e. The molecule has 0 aliphatic carbocycles. The number of fused-ring (bicyclic) bond motifs is 1. The van der Waals surface area contributed by atoms with Crippen LogP contribution in [-0.2, 0) is 22.6 Å². The number of benzene rings is 2. The molecule has 7 nitrogen and oxygen atoms in total. The number of ether oxygens (including phenoxy) is 1. The molecule has 0 spiro atoms. The summed E-state index contributed by atoms with van der Waals surface area (Å²) in [4.78, 5) is 29.5. The fourth-order valence-electron chi connectivity index (χ4n) is 4.51. The predicted molar refractivity (Wildman–Crippen MR) is 133 cm³/mol. The van der Waals surface area contributed by atoms with Crippen molar-refractivity contribution in [3.05, 3.63) is 71.4 Å². The van der Waals surface area contributed by atoms with Gasteiger partial charge >= 0.3 is 6.03 Å². The highest BCUT2D eigenvalue weighted by molar-refractivity contribution is 5.83. The van der Waals surface area contributed by atoms with Gasteiger partial charge in [-0.2, -0.15) is 0 Å². The molecule has 36 heavy (non-hydrogen) atoms. The number of nitrogens with zero attached hydrogens (tertiary/aromatic N) is 1. The van der Waals surface area contributed by atoms with E-state index in [0.29, 0.717) is 38.5 Å². The Morgan fingerprint density at radius 3 is 2.53 bits per heavy atom. The van der Waals surface area contributed by atoms with E-state index in [1.165, 1.54) is 24.3 Å². The number of nitrogens with one attached hydrogen (secondary N) is 3. The van der Waals surface area contributed by atoms with Crippen LogP contribution in [0.1, 0.15) is 30.4 Å². The molecule has 0 atom stereocenters. The van der Waals surface area contributed by atoms with E-state index < -0.39 is 0 Å². The van der Waals surface area contributed by atoms with Crippen molar-refractivity contribution >= 4 is 22.8 Å². The van der Waals surface area contributed by atoms with Crippen LogP contribution in [0.2, 0.25) is 0 Å². The molecule has 3 N–H and O–H groups in total. The molecule has 0 radical (unpaired) electrons. The lowest BCUT2D eigenvalue weighted by molar-refractivity contribution is -0.126. The van der Waals surface area contributed by atoms with Gasteiger partial charge in [0.05, 0.1) is 6.61 Å². The van der Waals surface area contributed by atoms with Crippen molar-refractivity contribution in [1.82, 2.24) is 20.5 Å². The molecule has 1 aliphatic rings. The quantitative estimate of drug-likeness (QED) is 0.393. The zero-order chi connectivity index (χ0) is 25.3. The number of aromatic nitrogens is 1. The zero-order valence-electron chi connectivity index (χ0n) is 20.2. The molecule has 1 saturated heterocycles. The number of rotatable bonds is 10. The minimum absolute atomic E-state index is 0.0382. The number of piperidine rings is 1. The summed E-state index contributed by atoms with van der Waals surface area (Å²) in [5.74, 6) is -0.296. The molecule has 0 unspecified atom stereocenters. The van der Waals surface area contributed by atoms with Crippen molar-refractivity contribution in [2.45, 2.75) is 32.3 Å². The van der Waals surface area contributed by atoms with Crippen LogP contribution in [0.4, 0.5) is 13.6 Å². The minimum atomic E-state index is -0.303. The summed E-state index contributed by atoms with van der Waals surface area (Å²) in [6.45, 7) is 2.64. The third kappa shape index (κ3) is 7.27. The van der Waals surface area contributed by atoms with Crippen molar-refractivity contribution in [1.29, 1.82) is 0 Å². The van der Waals surface area contributed by atoms with Crippen LogP contribution < -0.4 is 10.6 Å². The van der Waals surface area contributed by atoms with Gasteiger partial charge in [0.25, 0.3) is 0 Å². The number of amides is 3. The van der Waals surface area contributed by atoms with Gasteiger partial charge in [-0.3, -0.25) is 4.79 Å². The SMILES string of the molecule is O=C(COCc1ccc(F)cc1)NCCC1CCN(C(=O)NCCc2c[nH]c3ccc(F)cc23)CC1. The molecule has 2 aromatic carbocycles. The number of halogens is 2. The Morgan fingerprint density at radius 2 is 1.75 bits per heavy atom. The Labute approximate surface area is 209 Å². The molecule has 1 aromatic heterocycles. The van der Waals surface area contributed by atoms with E-state index in [1.54, 1.807) is 18.2 Å². The van der Waals surface area contributed by atoms with Gasteiger partial charge in [-0.15, -0.1) is 0 Å². The molecule has 3 amide bonds. The first-order valence-electron chi connectivity index (χ1n) is 12.3. The van der Waals surface area contributed by atoms with E-state index >= 15 is 0 Å². The van der Waals surface area contributed by atoms with Gasteiger partial charge in [0.2, 0.25) is 5.91 Å². The average molecular weight is 499 g/mol. The average Bonchev–Trinajstić information content (AvgIpc) is 3.27. The van der Waals surface area contributed by atoms with Gasteiger partial charge in [-0.25, -0.2) is 13.6 Å². The third-order valence-electron chi connectivity index (χ3n) is 6.59. The molecule has 1 aliphatic heterocycles. The predicted octanol–water partition coefficient (Wildman–Crippen LogP) is 4.13. The first kappa shape index (κ1) is 25.6. The summed E-state index contributed by atoms with van der Waals surface area (Å²) >= 11 is 0. The van der Waals surface area contributed by atoms with Crippen LogP contribution in [0.5, 0.6) is 0 Å². The van der Waals surface area contributed by atoms with Crippen LogP contribution in [0.15, 0.2) is 48.7 Å². The molecule has 0 saturated carbocycles. The highest BCUT2D eigenvalue weighted by Gasteiger charge is 2.22. The summed E-state index contributed by atoms with van der Waals surface area (Å²) in [5.41, 5.74) is 2.67. The molecule has 0 bridgehead atoms. The van der Waals surface area contributed by atoms with Crippen LogP contribution in [-0.4, -0.2) is 54.6 Å². The van der Waals surface area contributed by atoms with E-state index in [-0.39, 0.29) is 36.8 Å². The van der Waals surface area contributed by atoms with E-state index in [0.717, 1.165) is 41.3 Å². The second-order valence-corrected chi connectivity index (χ2v) is 9.17. The number of hydrogen-bond acceptors (Lipinski definition) is 3. The van der Waals surface area contributed by atoms with Crippen LogP contribution in [0.3, 0.4) is 0 Å². The van der Waals surface area contributed by atoms with Crippen molar-refractivity contribution in [3.8, 4) is 0 Å². The van der Waals surface area contributed by atoms with E-state index in [9.17, 15) is 18.4 Å². The Bertz CT molecular complexity index is 1160. The maximum atomic E-state index is 13.5. The van der Waals surface area contributed by atoms with Crippen molar-refractivity contribution in [2.24, 2.45) is 5.92 Å². The standard InChI is InChI=1S/C27H32F2N4O3/c28-22-3-1-20(2-4-22)17-36-18-26(34)30-11-7-19-9-13-33(14-10-19)27(35)31-12-8-21-16-32-25-6-5-23(29)15-24(21)25/h1-6,15-16,19,32H,7-14,17-18H2,(H,30,34)(H,31,35). The van der Waals surface area contributed by atoms with Crippen LogP contribution >= 0.6 is 0 Å². The van der Waals surface area contributed by atoms with Gasteiger partial charge in [-0.05, 0) is 73.1 Å². The van der Waals surface area contributed by atoms with Crippen LogP contribution in [0.25, 0.3) is 10.9 Å². The monoisotopic (exact) mass is 498 g/mol. The van der Waals surface area contributed by atoms with Crippen molar-refractivity contribution in [3.63, 3.8) is 0 Å². The first-order chi connectivity index (χ1) is 17.5. The lowest BCUT2D eigenvalue weighted by atomic mass is 9.94. The number of likely N-dealkylation sites (tertiary alicyclic amines) is 1. The summed E-state index contributed by atoms with van der Waals surface area (Å²) in [6, 6.07) is 10.6. The fraction of sp³-hybridized carbons (Fsp3) is 0.407. The number of H-pyrrole nitrogens is 1. The summed E-state index contributed by atoms with van der Waals surface area (Å²) in [7, 11) is 0. The number of carbonyl (C=O) groups excluding carboxylic acids is 2.